The Morgan fingerprint density at radius 2 is 1.57 bits per heavy atom. The van der Waals surface area contributed by atoms with Crippen molar-refractivity contribution in [2.45, 2.75) is 31.6 Å². The number of hydrogen-bond acceptors (Lipinski definition) is 3. The van der Waals surface area contributed by atoms with Crippen LogP contribution in [0.4, 0.5) is 0 Å². The number of aromatic nitrogens is 1. The highest BCUT2D eigenvalue weighted by molar-refractivity contribution is 5.86. The largest absolute Gasteiger partial charge is 0.497 e. The summed E-state index contributed by atoms with van der Waals surface area (Å²) in [6, 6.07) is 25.0. The Morgan fingerprint density at radius 1 is 0.919 bits per heavy atom. The van der Waals surface area contributed by atoms with Gasteiger partial charge in [0.2, 0.25) is 5.91 Å². The van der Waals surface area contributed by atoms with E-state index in [1.165, 1.54) is 10.9 Å². The molecule has 4 aromatic rings. The minimum Gasteiger partial charge on any atom is -0.497 e. The molecule has 0 N–H and O–H groups in total. The molecule has 0 radical (unpaired) electrons. The maximum Gasteiger partial charge on any atom is 0.223 e. The molecule has 0 spiro atoms. The van der Waals surface area contributed by atoms with Crippen LogP contribution in [0.2, 0.25) is 0 Å². The van der Waals surface area contributed by atoms with E-state index in [4.69, 9.17) is 9.47 Å². The first-order valence-corrected chi connectivity index (χ1v) is 13.1. The zero-order valence-corrected chi connectivity index (χ0v) is 22.0. The van der Waals surface area contributed by atoms with Crippen LogP contribution in [0.3, 0.4) is 0 Å². The summed E-state index contributed by atoms with van der Waals surface area (Å²) in [5, 5.41) is 1.17. The minimum absolute atomic E-state index is 0.107. The van der Waals surface area contributed by atoms with Crippen LogP contribution in [0.1, 0.15) is 41.9 Å². The third-order valence-electron chi connectivity index (χ3n) is 7.79. The smallest absolute Gasteiger partial charge is 0.223 e. The summed E-state index contributed by atoms with van der Waals surface area (Å²) < 4.78 is 13.3. The van der Waals surface area contributed by atoms with Crippen LogP contribution in [0.15, 0.2) is 79.0 Å². The monoisotopic (exact) mass is 496 g/mol. The van der Waals surface area contributed by atoms with Crippen molar-refractivity contribution in [3.63, 3.8) is 0 Å². The fourth-order valence-corrected chi connectivity index (χ4v) is 5.73. The van der Waals surface area contributed by atoms with Gasteiger partial charge in [-0.25, -0.2) is 0 Å². The number of piperidine rings is 1. The lowest BCUT2D eigenvalue weighted by Gasteiger charge is -2.33. The second-order valence-electron chi connectivity index (χ2n) is 10.1. The molecule has 0 aliphatic carbocycles. The normalized spacial score (nSPS) is 15.1. The molecule has 192 valence electrons. The SMILES string of the molecule is COc1cc(OC)cc(C(CC(=O)N2CCC(Cc3ccccc3)CC2)c2cn(C)c3ccccc23)c1. The van der Waals surface area contributed by atoms with Gasteiger partial charge in [-0.3, -0.25) is 4.79 Å². The second-order valence-corrected chi connectivity index (χ2v) is 10.1. The van der Waals surface area contributed by atoms with Crippen molar-refractivity contribution < 1.29 is 14.3 Å². The zero-order chi connectivity index (χ0) is 25.8. The molecule has 1 amide bonds. The number of ether oxygens (including phenoxy) is 2. The van der Waals surface area contributed by atoms with Crippen molar-refractivity contribution in [1.29, 1.82) is 0 Å². The molecule has 5 rings (SSSR count). The van der Waals surface area contributed by atoms with Crippen LogP contribution in [-0.4, -0.2) is 42.7 Å². The van der Waals surface area contributed by atoms with E-state index in [2.05, 4.69) is 77.3 Å². The van der Waals surface area contributed by atoms with Gasteiger partial charge in [0.1, 0.15) is 11.5 Å². The Labute approximate surface area is 219 Å². The number of hydrogen-bond donors (Lipinski definition) is 0. The lowest BCUT2D eigenvalue weighted by Crippen LogP contribution is -2.39. The summed E-state index contributed by atoms with van der Waals surface area (Å²) in [4.78, 5) is 15.8. The summed E-state index contributed by atoms with van der Waals surface area (Å²) in [5.74, 6) is 2.19. The van der Waals surface area contributed by atoms with E-state index in [0.717, 1.165) is 60.5 Å². The number of amides is 1. The van der Waals surface area contributed by atoms with Gasteiger partial charge in [0.15, 0.2) is 0 Å². The van der Waals surface area contributed by atoms with Gasteiger partial charge in [0.05, 0.1) is 14.2 Å². The van der Waals surface area contributed by atoms with Crippen LogP contribution in [0, 0.1) is 5.92 Å². The highest BCUT2D eigenvalue weighted by Gasteiger charge is 2.28. The number of fused-ring (bicyclic) bond motifs is 1. The zero-order valence-electron chi connectivity index (χ0n) is 22.0. The minimum atomic E-state index is -0.107. The number of likely N-dealkylation sites (tertiary alicyclic amines) is 1. The Bertz CT molecular complexity index is 1330. The number of methoxy groups -OCH3 is 2. The van der Waals surface area contributed by atoms with Gasteiger partial charge < -0.3 is 18.9 Å². The number of rotatable bonds is 8. The van der Waals surface area contributed by atoms with E-state index in [1.54, 1.807) is 14.2 Å². The summed E-state index contributed by atoms with van der Waals surface area (Å²) >= 11 is 0. The summed E-state index contributed by atoms with van der Waals surface area (Å²) in [6.07, 6.45) is 5.76. The van der Waals surface area contributed by atoms with E-state index < -0.39 is 0 Å². The Balaban J connectivity index is 1.39. The van der Waals surface area contributed by atoms with Crippen molar-refractivity contribution in [3.8, 4) is 11.5 Å². The molecule has 1 atom stereocenters. The number of carbonyl (C=O) groups is 1. The predicted molar refractivity (Wildman–Crippen MR) is 148 cm³/mol. The molecular formula is C32H36N2O3. The van der Waals surface area contributed by atoms with E-state index in [0.29, 0.717) is 12.3 Å². The molecule has 1 unspecified atom stereocenters. The van der Waals surface area contributed by atoms with Crippen molar-refractivity contribution in [3.05, 3.63) is 95.7 Å². The number of nitrogens with zero attached hydrogens (tertiary/aromatic N) is 2. The molecule has 5 nitrogen and oxygen atoms in total. The van der Waals surface area contributed by atoms with E-state index in [9.17, 15) is 4.79 Å². The van der Waals surface area contributed by atoms with Gasteiger partial charge in [-0.1, -0.05) is 48.5 Å². The lowest BCUT2D eigenvalue weighted by molar-refractivity contribution is -0.132. The lowest BCUT2D eigenvalue weighted by atomic mass is 9.86. The molecule has 0 bridgehead atoms. The molecule has 1 fully saturated rings. The molecule has 5 heteroatoms. The average Bonchev–Trinajstić information content (AvgIpc) is 3.28. The van der Waals surface area contributed by atoms with Gasteiger partial charge >= 0.3 is 0 Å². The molecule has 3 aromatic carbocycles. The Hall–Kier alpha value is -3.73. The van der Waals surface area contributed by atoms with Gasteiger partial charge in [-0.05, 0) is 60.1 Å². The van der Waals surface area contributed by atoms with Gasteiger partial charge in [0.25, 0.3) is 0 Å². The number of carbonyl (C=O) groups excluding carboxylic acids is 1. The van der Waals surface area contributed by atoms with Gasteiger partial charge in [0, 0.05) is 55.6 Å². The fraction of sp³-hybridized carbons (Fsp3) is 0.344. The Morgan fingerprint density at radius 3 is 2.24 bits per heavy atom. The van der Waals surface area contributed by atoms with Crippen LogP contribution in [-0.2, 0) is 18.3 Å². The van der Waals surface area contributed by atoms with E-state index in [-0.39, 0.29) is 11.8 Å². The van der Waals surface area contributed by atoms with E-state index >= 15 is 0 Å². The van der Waals surface area contributed by atoms with Crippen molar-refractivity contribution in [2.75, 3.05) is 27.3 Å². The maximum absolute atomic E-state index is 13.7. The fourth-order valence-electron chi connectivity index (χ4n) is 5.73. The van der Waals surface area contributed by atoms with Crippen molar-refractivity contribution in [1.82, 2.24) is 9.47 Å². The third-order valence-corrected chi connectivity index (χ3v) is 7.79. The van der Waals surface area contributed by atoms with Gasteiger partial charge in [-0.15, -0.1) is 0 Å². The summed E-state index contributed by atoms with van der Waals surface area (Å²) in [7, 11) is 5.39. The molecule has 1 aromatic heterocycles. The predicted octanol–water partition coefficient (Wildman–Crippen LogP) is 6.20. The third kappa shape index (κ3) is 5.51. The quantitative estimate of drug-likeness (QED) is 0.292. The maximum atomic E-state index is 13.7. The number of para-hydroxylation sites is 1. The standard InChI is InChI=1S/C32H36N2O3/c1-33-22-30(28-11-7-8-12-31(28)33)29(25-18-26(36-2)20-27(19-25)37-3)21-32(35)34-15-13-24(14-16-34)17-23-9-5-4-6-10-23/h4-12,18-20,22,24,29H,13-17,21H2,1-3H3. The van der Waals surface area contributed by atoms with Crippen molar-refractivity contribution >= 4 is 16.8 Å². The highest BCUT2D eigenvalue weighted by Crippen LogP contribution is 2.38. The molecule has 37 heavy (non-hydrogen) atoms. The second kappa shape index (κ2) is 11.1. The molecule has 1 aliphatic rings. The molecule has 2 heterocycles. The van der Waals surface area contributed by atoms with Crippen LogP contribution in [0.25, 0.3) is 10.9 Å². The first-order chi connectivity index (χ1) is 18.1. The first-order valence-electron chi connectivity index (χ1n) is 13.1. The number of aryl methyl sites for hydroxylation is 1. The molecule has 0 saturated carbocycles. The average molecular weight is 497 g/mol. The van der Waals surface area contributed by atoms with Gasteiger partial charge in [-0.2, -0.15) is 0 Å². The van der Waals surface area contributed by atoms with Crippen molar-refractivity contribution in [2.24, 2.45) is 13.0 Å². The van der Waals surface area contributed by atoms with E-state index in [1.807, 2.05) is 18.2 Å². The van der Waals surface area contributed by atoms with Crippen LogP contribution in [0.5, 0.6) is 11.5 Å². The molecular weight excluding hydrogens is 460 g/mol. The molecule has 1 aliphatic heterocycles. The number of benzene rings is 3. The summed E-state index contributed by atoms with van der Waals surface area (Å²) in [5.41, 5.74) is 4.72. The first kappa shape index (κ1) is 24.9. The Kier molecular flexibility index (Phi) is 7.50. The van der Waals surface area contributed by atoms with Crippen LogP contribution < -0.4 is 9.47 Å². The summed E-state index contributed by atoms with van der Waals surface area (Å²) in [6.45, 7) is 1.64. The van der Waals surface area contributed by atoms with Crippen LogP contribution >= 0.6 is 0 Å². The topological polar surface area (TPSA) is 43.7 Å². The highest BCUT2D eigenvalue weighted by atomic mass is 16.5. The molecule has 1 saturated heterocycles.